The van der Waals surface area contributed by atoms with Gasteiger partial charge in [0.25, 0.3) is 5.91 Å². The van der Waals surface area contributed by atoms with Crippen molar-refractivity contribution in [3.8, 4) is 0 Å². The third-order valence-electron chi connectivity index (χ3n) is 8.57. The van der Waals surface area contributed by atoms with Gasteiger partial charge in [0, 0.05) is 42.2 Å². The van der Waals surface area contributed by atoms with Gasteiger partial charge in [-0.15, -0.1) is 10.2 Å². The molecule has 3 heterocycles. The average molecular weight is 540 g/mol. The Hall–Kier alpha value is -3.24. The maximum absolute atomic E-state index is 14.1. The molecule has 1 saturated carbocycles. The normalized spacial score (nSPS) is 19.5. The molecule has 1 atom stereocenters. The van der Waals surface area contributed by atoms with Crippen LogP contribution < -0.4 is 10.2 Å². The first-order valence-electron chi connectivity index (χ1n) is 13.4. The number of nitrogens with zero attached hydrogens (tertiary/aromatic N) is 4. The van der Waals surface area contributed by atoms with Crippen LogP contribution in [0, 0.1) is 5.92 Å². The maximum Gasteiger partial charge on any atom is 0.416 e. The molecule has 1 N–H and O–H groups in total. The molecule has 0 bridgehead atoms. The number of rotatable bonds is 8. The molecule has 6 rings (SSSR count). The molecule has 1 unspecified atom stereocenters. The smallest absolute Gasteiger partial charge is 0.381 e. The SMILES string of the molecule is Cn1cnnc1C(Cc1cccc(N2Cc3c(cc(CNC4(C)CCC4)cc3C(F)(F)F)C2=O)c1)C1COC1. The van der Waals surface area contributed by atoms with Crippen molar-refractivity contribution in [3.05, 3.63) is 76.4 Å². The van der Waals surface area contributed by atoms with Crippen LogP contribution in [-0.2, 0) is 37.5 Å². The third-order valence-corrected chi connectivity index (χ3v) is 8.57. The zero-order chi connectivity index (χ0) is 27.4. The number of fused-ring (bicyclic) bond motifs is 1. The minimum Gasteiger partial charge on any atom is -0.381 e. The van der Waals surface area contributed by atoms with Crippen LogP contribution in [0.25, 0.3) is 0 Å². The van der Waals surface area contributed by atoms with Crippen molar-refractivity contribution < 1.29 is 22.7 Å². The van der Waals surface area contributed by atoms with E-state index < -0.39 is 17.6 Å². The lowest BCUT2D eigenvalue weighted by Crippen LogP contribution is -2.47. The minimum absolute atomic E-state index is 0.0417. The molecule has 1 saturated heterocycles. The lowest BCUT2D eigenvalue weighted by molar-refractivity contribution is -0.138. The molecule has 2 aromatic carbocycles. The van der Waals surface area contributed by atoms with Crippen LogP contribution in [0.1, 0.15) is 70.5 Å². The molecule has 7 nitrogen and oxygen atoms in total. The number of amides is 1. The number of nitrogens with one attached hydrogen (secondary N) is 1. The molecule has 3 aliphatic rings. The van der Waals surface area contributed by atoms with Gasteiger partial charge in [-0.2, -0.15) is 13.2 Å². The fourth-order valence-electron chi connectivity index (χ4n) is 5.92. The summed E-state index contributed by atoms with van der Waals surface area (Å²) >= 11 is 0. The molecule has 10 heteroatoms. The van der Waals surface area contributed by atoms with Gasteiger partial charge in [0.15, 0.2) is 0 Å². The number of hydrogen-bond acceptors (Lipinski definition) is 5. The molecular weight excluding hydrogens is 507 g/mol. The summed E-state index contributed by atoms with van der Waals surface area (Å²) < 4.78 is 49.8. The molecule has 3 aromatic rings. The Bertz CT molecular complexity index is 1390. The first-order chi connectivity index (χ1) is 18.6. The van der Waals surface area contributed by atoms with Gasteiger partial charge in [-0.25, -0.2) is 0 Å². The van der Waals surface area contributed by atoms with Gasteiger partial charge in [-0.3, -0.25) is 4.79 Å². The standard InChI is InChI=1S/C29H32F3N5O2/c1-28(7-4-8-28)33-13-19-11-23-24(25(12-19)29(30,31)32)14-37(27(23)38)21-6-3-5-18(9-21)10-22(20-15-39-16-20)26-35-34-17-36(26)2/h3,5-6,9,11-12,17,20,22,33H,4,7-8,10,13-16H2,1-2H3. The molecule has 2 aliphatic heterocycles. The van der Waals surface area contributed by atoms with Gasteiger partial charge in [0.1, 0.15) is 12.2 Å². The van der Waals surface area contributed by atoms with Crippen LogP contribution in [-0.4, -0.2) is 39.4 Å². The number of alkyl halides is 3. The van der Waals surface area contributed by atoms with Crippen molar-refractivity contribution in [3.63, 3.8) is 0 Å². The highest BCUT2D eigenvalue weighted by atomic mass is 19.4. The molecule has 2 fully saturated rings. The summed E-state index contributed by atoms with van der Waals surface area (Å²) in [5.41, 5.74) is 1.44. The van der Waals surface area contributed by atoms with E-state index in [-0.39, 0.29) is 29.1 Å². The first kappa shape index (κ1) is 26.0. The second-order valence-corrected chi connectivity index (χ2v) is 11.4. The zero-order valence-corrected chi connectivity index (χ0v) is 22.1. The molecule has 206 valence electrons. The zero-order valence-electron chi connectivity index (χ0n) is 22.1. The van der Waals surface area contributed by atoms with Crippen LogP contribution in [0.15, 0.2) is 42.7 Å². The highest BCUT2D eigenvalue weighted by molar-refractivity contribution is 6.10. The molecule has 0 radical (unpaired) electrons. The number of carbonyl (C=O) groups is 1. The first-order valence-corrected chi connectivity index (χ1v) is 13.4. The fraction of sp³-hybridized carbons (Fsp3) is 0.483. The van der Waals surface area contributed by atoms with Gasteiger partial charge in [-0.1, -0.05) is 12.1 Å². The van der Waals surface area contributed by atoms with Crippen LogP contribution in [0.4, 0.5) is 18.9 Å². The Kier molecular flexibility index (Phi) is 6.50. The Labute approximate surface area is 225 Å². The maximum atomic E-state index is 14.1. The second-order valence-electron chi connectivity index (χ2n) is 11.4. The van der Waals surface area contributed by atoms with Gasteiger partial charge < -0.3 is 19.5 Å². The summed E-state index contributed by atoms with van der Waals surface area (Å²) in [4.78, 5) is 15.0. The summed E-state index contributed by atoms with van der Waals surface area (Å²) in [6.07, 6.45) is 0.893. The number of hydrogen-bond donors (Lipinski definition) is 1. The number of ether oxygens (including phenoxy) is 1. The number of carbonyl (C=O) groups excluding carboxylic acids is 1. The van der Waals surface area contributed by atoms with Crippen molar-refractivity contribution in [2.24, 2.45) is 13.0 Å². The summed E-state index contributed by atoms with van der Waals surface area (Å²) in [5, 5.41) is 11.7. The van der Waals surface area contributed by atoms with E-state index in [0.29, 0.717) is 43.3 Å². The van der Waals surface area contributed by atoms with E-state index in [9.17, 15) is 18.0 Å². The minimum atomic E-state index is -4.55. The van der Waals surface area contributed by atoms with Gasteiger partial charge >= 0.3 is 6.18 Å². The van der Waals surface area contributed by atoms with E-state index in [2.05, 4.69) is 22.4 Å². The monoisotopic (exact) mass is 539 g/mol. The Morgan fingerprint density at radius 2 is 1.97 bits per heavy atom. The fourth-order valence-corrected chi connectivity index (χ4v) is 5.92. The molecule has 0 spiro atoms. The third kappa shape index (κ3) is 4.96. The number of aromatic nitrogens is 3. The molecule has 39 heavy (non-hydrogen) atoms. The van der Waals surface area contributed by atoms with Crippen molar-refractivity contribution in [2.75, 3.05) is 18.1 Å². The van der Waals surface area contributed by atoms with Crippen molar-refractivity contribution in [1.82, 2.24) is 20.1 Å². The second kappa shape index (κ2) is 9.75. The topological polar surface area (TPSA) is 72.3 Å². The lowest BCUT2D eigenvalue weighted by Gasteiger charge is -2.39. The quantitative estimate of drug-likeness (QED) is 0.436. The van der Waals surface area contributed by atoms with Crippen LogP contribution in [0.3, 0.4) is 0 Å². The summed E-state index contributed by atoms with van der Waals surface area (Å²) in [6, 6.07) is 10.3. The van der Waals surface area contributed by atoms with E-state index in [1.54, 1.807) is 18.5 Å². The molecule has 1 aliphatic carbocycles. The summed E-state index contributed by atoms with van der Waals surface area (Å²) in [6.45, 7) is 3.56. The van der Waals surface area contributed by atoms with Crippen molar-refractivity contribution in [2.45, 2.75) is 63.3 Å². The Morgan fingerprint density at radius 3 is 2.59 bits per heavy atom. The Balaban J connectivity index is 1.27. The highest BCUT2D eigenvalue weighted by Gasteiger charge is 2.41. The predicted octanol–water partition coefficient (Wildman–Crippen LogP) is 5.00. The number of benzene rings is 2. The average Bonchev–Trinajstić information content (AvgIpc) is 3.42. The van der Waals surface area contributed by atoms with Gasteiger partial charge in [0.2, 0.25) is 0 Å². The summed E-state index contributed by atoms with van der Waals surface area (Å²) in [5.74, 6) is 0.849. The number of aryl methyl sites for hydroxylation is 1. The van der Waals surface area contributed by atoms with E-state index >= 15 is 0 Å². The highest BCUT2D eigenvalue weighted by Crippen LogP contribution is 2.40. The van der Waals surface area contributed by atoms with Crippen LogP contribution in [0.5, 0.6) is 0 Å². The predicted molar refractivity (Wildman–Crippen MR) is 139 cm³/mol. The van der Waals surface area contributed by atoms with Gasteiger partial charge in [-0.05, 0) is 73.6 Å². The number of anilines is 1. The molecule has 1 aromatic heterocycles. The largest absolute Gasteiger partial charge is 0.416 e. The van der Waals surface area contributed by atoms with Gasteiger partial charge in [0.05, 0.1) is 25.3 Å². The van der Waals surface area contributed by atoms with E-state index in [4.69, 9.17) is 4.74 Å². The van der Waals surface area contributed by atoms with E-state index in [1.807, 2.05) is 29.8 Å². The Morgan fingerprint density at radius 1 is 1.18 bits per heavy atom. The molecular formula is C29H32F3N5O2. The van der Waals surface area contributed by atoms with E-state index in [0.717, 1.165) is 30.7 Å². The molecule has 1 amide bonds. The lowest BCUT2D eigenvalue weighted by atomic mass is 9.78. The summed E-state index contributed by atoms with van der Waals surface area (Å²) in [7, 11) is 1.91. The van der Waals surface area contributed by atoms with E-state index in [1.165, 1.54) is 11.0 Å². The van der Waals surface area contributed by atoms with Crippen LogP contribution in [0.2, 0.25) is 0 Å². The van der Waals surface area contributed by atoms with Crippen molar-refractivity contribution in [1.29, 1.82) is 0 Å². The number of halogens is 3. The van der Waals surface area contributed by atoms with Crippen molar-refractivity contribution >= 4 is 11.6 Å². The van der Waals surface area contributed by atoms with Crippen LogP contribution >= 0.6 is 0 Å².